The van der Waals surface area contributed by atoms with Crippen LogP contribution in [-0.4, -0.2) is 32.6 Å². The molecule has 132 valence electrons. The number of benzene rings is 1. The van der Waals surface area contributed by atoms with Gasteiger partial charge in [-0.2, -0.15) is 0 Å². The summed E-state index contributed by atoms with van der Waals surface area (Å²) >= 11 is 0. The molecule has 2 aromatic rings. The van der Waals surface area contributed by atoms with Crippen molar-refractivity contribution in [1.82, 2.24) is 0 Å². The molecule has 1 heterocycles. The molecule has 0 aliphatic heterocycles. The smallest absolute Gasteiger partial charge is 0.342 e. The van der Waals surface area contributed by atoms with Gasteiger partial charge in [0.15, 0.2) is 6.61 Å². The zero-order chi connectivity index (χ0) is 18.6. The predicted octanol–water partition coefficient (Wildman–Crippen LogP) is 2.31. The molecule has 1 aromatic carbocycles. The van der Waals surface area contributed by atoms with Crippen LogP contribution < -0.4 is 15.1 Å². The van der Waals surface area contributed by atoms with Crippen LogP contribution in [0.2, 0.25) is 0 Å². The van der Waals surface area contributed by atoms with Gasteiger partial charge in [-0.3, -0.25) is 4.79 Å². The van der Waals surface area contributed by atoms with Gasteiger partial charge < -0.3 is 18.6 Å². The molecule has 2 rings (SSSR count). The summed E-state index contributed by atoms with van der Waals surface area (Å²) in [7, 11) is 2.93. The van der Waals surface area contributed by atoms with Crippen LogP contribution >= 0.6 is 0 Å². The Bertz CT molecular complexity index is 838. The largest absolute Gasteiger partial charge is 0.497 e. The number of rotatable bonds is 6. The van der Waals surface area contributed by atoms with Gasteiger partial charge in [-0.1, -0.05) is 0 Å². The number of carbonyl (C=O) groups is 2. The second-order valence-corrected chi connectivity index (χ2v) is 5.25. The lowest BCUT2D eigenvalue weighted by Gasteiger charge is -2.11. The molecule has 7 heteroatoms. The maximum Gasteiger partial charge on any atom is 0.342 e. The van der Waals surface area contributed by atoms with E-state index in [4.69, 9.17) is 18.6 Å². The summed E-state index contributed by atoms with van der Waals surface area (Å²) in [5, 5.41) is 0. The van der Waals surface area contributed by atoms with Gasteiger partial charge in [0.05, 0.1) is 19.8 Å². The zero-order valence-corrected chi connectivity index (χ0v) is 14.4. The molecule has 7 nitrogen and oxygen atoms in total. The van der Waals surface area contributed by atoms with E-state index >= 15 is 0 Å². The molecular weight excluding hydrogens is 328 g/mol. The first kappa shape index (κ1) is 18.3. The van der Waals surface area contributed by atoms with Crippen LogP contribution in [0.25, 0.3) is 0 Å². The molecule has 0 radical (unpaired) electrons. The first-order valence-corrected chi connectivity index (χ1v) is 7.41. The average Bonchev–Trinajstić information content (AvgIpc) is 2.58. The summed E-state index contributed by atoms with van der Waals surface area (Å²) in [6.45, 7) is 2.60. The molecular formula is C18H18O7. The summed E-state index contributed by atoms with van der Waals surface area (Å²) in [5.74, 6) is -0.168. The lowest BCUT2D eigenvalue weighted by atomic mass is 10.1. The standard InChI is InChI=1S/C18H18O7/c1-10-7-16(20)25-11(2)17(10)18(21)24-9-14(19)13-6-5-12(22-3)8-15(13)23-4/h5-8H,9H2,1-4H3. The van der Waals surface area contributed by atoms with Crippen LogP contribution in [0.4, 0.5) is 0 Å². The minimum absolute atomic E-state index is 0.133. The molecule has 0 bridgehead atoms. The van der Waals surface area contributed by atoms with Crippen molar-refractivity contribution in [3.63, 3.8) is 0 Å². The predicted molar refractivity (Wildman–Crippen MR) is 88.6 cm³/mol. The molecule has 0 N–H and O–H groups in total. The van der Waals surface area contributed by atoms with E-state index in [1.165, 1.54) is 33.3 Å². The molecule has 0 unspecified atom stereocenters. The number of carbonyl (C=O) groups excluding carboxylic acids is 2. The number of methoxy groups -OCH3 is 2. The average molecular weight is 346 g/mol. The van der Waals surface area contributed by atoms with Crippen LogP contribution in [0.15, 0.2) is 33.5 Å². The van der Waals surface area contributed by atoms with Crippen LogP contribution in [-0.2, 0) is 4.74 Å². The molecule has 0 atom stereocenters. The van der Waals surface area contributed by atoms with E-state index in [9.17, 15) is 14.4 Å². The Morgan fingerprint density at radius 3 is 2.40 bits per heavy atom. The van der Waals surface area contributed by atoms with Gasteiger partial charge in [0.25, 0.3) is 0 Å². The second kappa shape index (κ2) is 7.65. The summed E-state index contributed by atoms with van der Waals surface area (Å²) in [6, 6.07) is 5.90. The normalized spacial score (nSPS) is 10.2. The molecule has 0 saturated heterocycles. The summed E-state index contributed by atoms with van der Waals surface area (Å²) in [4.78, 5) is 35.8. The van der Waals surface area contributed by atoms with Crippen molar-refractivity contribution < 1.29 is 28.2 Å². The van der Waals surface area contributed by atoms with E-state index in [2.05, 4.69) is 0 Å². The highest BCUT2D eigenvalue weighted by molar-refractivity contribution is 6.01. The number of aryl methyl sites for hydroxylation is 2. The third-order valence-corrected chi connectivity index (χ3v) is 3.58. The van der Waals surface area contributed by atoms with Crippen LogP contribution in [0.5, 0.6) is 11.5 Å². The van der Waals surface area contributed by atoms with Crippen LogP contribution in [0.1, 0.15) is 32.0 Å². The van der Waals surface area contributed by atoms with E-state index in [-0.39, 0.29) is 16.9 Å². The molecule has 0 aliphatic carbocycles. The van der Waals surface area contributed by atoms with E-state index in [1.54, 1.807) is 19.1 Å². The third kappa shape index (κ3) is 4.06. The van der Waals surface area contributed by atoms with E-state index in [0.29, 0.717) is 17.1 Å². The van der Waals surface area contributed by atoms with Crippen LogP contribution in [0.3, 0.4) is 0 Å². The maximum atomic E-state index is 12.3. The molecule has 0 aliphatic rings. The van der Waals surface area contributed by atoms with Crippen molar-refractivity contribution in [3.8, 4) is 11.5 Å². The Morgan fingerprint density at radius 2 is 1.80 bits per heavy atom. The molecule has 0 saturated carbocycles. The SMILES string of the molecule is COc1ccc(C(=O)COC(=O)c2c(C)cc(=O)oc2C)c(OC)c1. The lowest BCUT2D eigenvalue weighted by Crippen LogP contribution is -2.18. The molecule has 1 aromatic heterocycles. The van der Waals surface area contributed by atoms with Gasteiger partial charge in [0, 0.05) is 12.1 Å². The lowest BCUT2D eigenvalue weighted by molar-refractivity contribution is 0.0469. The fourth-order valence-corrected chi connectivity index (χ4v) is 2.37. The highest BCUT2D eigenvalue weighted by Gasteiger charge is 2.20. The number of hydrogen-bond acceptors (Lipinski definition) is 7. The van der Waals surface area contributed by atoms with Gasteiger partial charge >= 0.3 is 11.6 Å². The Kier molecular flexibility index (Phi) is 5.59. The van der Waals surface area contributed by atoms with Crippen molar-refractivity contribution in [3.05, 3.63) is 57.1 Å². The Morgan fingerprint density at radius 1 is 1.08 bits per heavy atom. The quantitative estimate of drug-likeness (QED) is 0.585. The number of esters is 1. The van der Waals surface area contributed by atoms with Crippen molar-refractivity contribution in [2.24, 2.45) is 0 Å². The van der Waals surface area contributed by atoms with Gasteiger partial charge in [-0.05, 0) is 31.5 Å². The molecule has 25 heavy (non-hydrogen) atoms. The molecule has 0 fully saturated rings. The fraction of sp³-hybridized carbons (Fsp3) is 0.278. The van der Waals surface area contributed by atoms with Crippen LogP contribution in [0, 0.1) is 13.8 Å². The number of ketones is 1. The second-order valence-electron chi connectivity index (χ2n) is 5.25. The number of Topliss-reactive ketones (excluding diaryl/α,β-unsaturated/α-hetero) is 1. The van der Waals surface area contributed by atoms with Crippen molar-refractivity contribution in [2.45, 2.75) is 13.8 Å². The van der Waals surface area contributed by atoms with E-state index in [1.807, 2.05) is 0 Å². The topological polar surface area (TPSA) is 92.0 Å². The molecule has 0 amide bonds. The highest BCUT2D eigenvalue weighted by Crippen LogP contribution is 2.25. The van der Waals surface area contributed by atoms with Gasteiger partial charge in [0.2, 0.25) is 5.78 Å². The van der Waals surface area contributed by atoms with Gasteiger partial charge in [0.1, 0.15) is 22.8 Å². The van der Waals surface area contributed by atoms with Crippen molar-refractivity contribution >= 4 is 11.8 Å². The Hall–Kier alpha value is -3.09. The summed E-state index contributed by atoms with van der Waals surface area (Å²) < 4.78 is 20.2. The first-order valence-electron chi connectivity index (χ1n) is 7.41. The minimum Gasteiger partial charge on any atom is -0.497 e. The van der Waals surface area contributed by atoms with E-state index < -0.39 is 24.0 Å². The number of ether oxygens (including phenoxy) is 3. The van der Waals surface area contributed by atoms with Crippen molar-refractivity contribution in [1.29, 1.82) is 0 Å². The first-order chi connectivity index (χ1) is 11.9. The monoisotopic (exact) mass is 346 g/mol. The maximum absolute atomic E-state index is 12.3. The van der Waals surface area contributed by atoms with E-state index in [0.717, 1.165) is 0 Å². The Labute approximate surface area is 144 Å². The molecule has 0 spiro atoms. The van der Waals surface area contributed by atoms with Gasteiger partial charge in [-0.15, -0.1) is 0 Å². The zero-order valence-electron chi connectivity index (χ0n) is 14.4. The summed E-state index contributed by atoms with van der Waals surface area (Å²) in [6.07, 6.45) is 0. The highest BCUT2D eigenvalue weighted by atomic mass is 16.5. The Balaban J connectivity index is 2.15. The fourth-order valence-electron chi connectivity index (χ4n) is 2.37. The summed E-state index contributed by atoms with van der Waals surface area (Å²) in [5.41, 5.74) is 0.275. The van der Waals surface area contributed by atoms with Gasteiger partial charge in [-0.25, -0.2) is 9.59 Å². The minimum atomic E-state index is -0.737. The number of hydrogen-bond donors (Lipinski definition) is 0. The van der Waals surface area contributed by atoms with Crippen molar-refractivity contribution in [2.75, 3.05) is 20.8 Å². The third-order valence-electron chi connectivity index (χ3n) is 3.58.